The number of piperidine rings is 1. The van der Waals surface area contributed by atoms with Crippen LogP contribution in [0.5, 0.6) is 5.75 Å². The Morgan fingerprint density at radius 2 is 1.74 bits per heavy atom. The van der Waals surface area contributed by atoms with E-state index in [0.717, 1.165) is 12.1 Å². The first-order chi connectivity index (χ1) is 12.6. The molecule has 1 aliphatic rings. The second-order valence-corrected chi connectivity index (χ2v) is 6.36. The molecule has 0 saturated carbocycles. The van der Waals surface area contributed by atoms with Gasteiger partial charge in [-0.25, -0.2) is 9.59 Å². The minimum atomic E-state index is -4.76. The summed E-state index contributed by atoms with van der Waals surface area (Å²) in [5, 5.41) is 5.33. The summed E-state index contributed by atoms with van der Waals surface area (Å²) in [7, 11) is 0. The Balaban J connectivity index is 1.76. The molecule has 1 saturated heterocycles. The SMILES string of the molecule is CC(C)OC(=O)N1CCC(NC(=O)Nc2ccc(OC(F)(F)F)cc2)CC1. The number of amides is 3. The molecule has 150 valence electrons. The van der Waals surface area contributed by atoms with E-state index in [0.29, 0.717) is 31.6 Å². The van der Waals surface area contributed by atoms with Crippen molar-refractivity contribution in [3.8, 4) is 5.75 Å². The molecule has 0 bridgehead atoms. The van der Waals surface area contributed by atoms with Crippen molar-refractivity contribution in [2.24, 2.45) is 0 Å². The third kappa shape index (κ3) is 7.24. The summed E-state index contributed by atoms with van der Waals surface area (Å²) in [6.07, 6.45) is -4.15. The van der Waals surface area contributed by atoms with Gasteiger partial charge in [-0.2, -0.15) is 0 Å². The molecule has 7 nitrogen and oxygen atoms in total. The van der Waals surface area contributed by atoms with E-state index < -0.39 is 12.4 Å². The lowest BCUT2D eigenvalue weighted by Crippen LogP contribution is -2.48. The number of hydrogen-bond acceptors (Lipinski definition) is 4. The smallest absolute Gasteiger partial charge is 0.447 e. The molecule has 2 rings (SSSR count). The van der Waals surface area contributed by atoms with Crippen LogP contribution in [0.2, 0.25) is 0 Å². The van der Waals surface area contributed by atoms with Crippen LogP contribution in [-0.4, -0.2) is 48.6 Å². The van der Waals surface area contributed by atoms with Crippen molar-refractivity contribution in [2.75, 3.05) is 18.4 Å². The molecule has 10 heteroatoms. The summed E-state index contributed by atoms with van der Waals surface area (Å²) in [4.78, 5) is 25.4. The Morgan fingerprint density at radius 3 is 2.26 bits per heavy atom. The number of nitrogens with one attached hydrogen (secondary N) is 2. The second kappa shape index (κ2) is 8.83. The molecular weight excluding hydrogens is 367 g/mol. The van der Waals surface area contributed by atoms with Gasteiger partial charge in [0.25, 0.3) is 0 Å². The Labute approximate surface area is 154 Å². The quantitative estimate of drug-likeness (QED) is 0.823. The molecule has 0 radical (unpaired) electrons. The lowest BCUT2D eigenvalue weighted by atomic mass is 10.1. The lowest BCUT2D eigenvalue weighted by Gasteiger charge is -2.32. The van der Waals surface area contributed by atoms with Crippen LogP contribution in [0, 0.1) is 0 Å². The monoisotopic (exact) mass is 389 g/mol. The predicted molar refractivity (Wildman–Crippen MR) is 91.5 cm³/mol. The van der Waals surface area contributed by atoms with E-state index in [-0.39, 0.29) is 24.0 Å². The minimum absolute atomic E-state index is 0.110. The predicted octanol–water partition coefficient (Wildman–Crippen LogP) is 3.72. The Hall–Kier alpha value is -2.65. The molecule has 3 amide bonds. The topological polar surface area (TPSA) is 79.9 Å². The van der Waals surface area contributed by atoms with Crippen molar-refractivity contribution in [1.82, 2.24) is 10.2 Å². The first kappa shape index (κ1) is 20.7. The maximum Gasteiger partial charge on any atom is 0.573 e. The van der Waals surface area contributed by atoms with Crippen LogP contribution in [0.4, 0.5) is 28.4 Å². The number of benzene rings is 1. The van der Waals surface area contributed by atoms with Gasteiger partial charge in [0, 0.05) is 24.8 Å². The first-order valence-corrected chi connectivity index (χ1v) is 8.51. The molecule has 0 aromatic heterocycles. The summed E-state index contributed by atoms with van der Waals surface area (Å²) in [5.41, 5.74) is 0.333. The minimum Gasteiger partial charge on any atom is -0.447 e. The van der Waals surface area contributed by atoms with Crippen molar-refractivity contribution in [3.63, 3.8) is 0 Å². The third-order valence-electron chi connectivity index (χ3n) is 3.77. The van der Waals surface area contributed by atoms with Crippen molar-refractivity contribution < 1.29 is 32.2 Å². The van der Waals surface area contributed by atoms with Gasteiger partial charge in [-0.3, -0.25) is 0 Å². The zero-order valence-corrected chi connectivity index (χ0v) is 15.0. The lowest BCUT2D eigenvalue weighted by molar-refractivity contribution is -0.274. The fourth-order valence-electron chi connectivity index (χ4n) is 2.58. The van der Waals surface area contributed by atoms with E-state index in [4.69, 9.17) is 4.74 Å². The summed E-state index contributed by atoms with van der Waals surface area (Å²) >= 11 is 0. The molecule has 1 aliphatic heterocycles. The average molecular weight is 389 g/mol. The van der Waals surface area contributed by atoms with Crippen LogP contribution in [0.1, 0.15) is 26.7 Å². The number of carbonyl (C=O) groups is 2. The van der Waals surface area contributed by atoms with Crippen molar-refractivity contribution >= 4 is 17.8 Å². The van der Waals surface area contributed by atoms with Gasteiger partial charge in [0.2, 0.25) is 0 Å². The maximum absolute atomic E-state index is 12.1. The highest BCUT2D eigenvalue weighted by Gasteiger charge is 2.31. The Kier molecular flexibility index (Phi) is 6.75. The normalized spacial score (nSPS) is 15.4. The first-order valence-electron chi connectivity index (χ1n) is 8.51. The fraction of sp³-hybridized carbons (Fsp3) is 0.529. The van der Waals surface area contributed by atoms with Crippen molar-refractivity contribution in [2.45, 2.75) is 45.2 Å². The highest BCUT2D eigenvalue weighted by Crippen LogP contribution is 2.24. The van der Waals surface area contributed by atoms with E-state index in [1.807, 2.05) is 0 Å². The summed E-state index contributed by atoms with van der Waals surface area (Å²) < 4.78 is 45.3. The van der Waals surface area contributed by atoms with Crippen LogP contribution in [0.25, 0.3) is 0 Å². The standard InChI is InChI=1S/C17H22F3N3O4/c1-11(2)26-16(25)23-9-7-13(8-10-23)22-15(24)21-12-3-5-14(6-4-12)27-17(18,19)20/h3-6,11,13H,7-10H2,1-2H3,(H2,21,22,24). The number of ether oxygens (including phenoxy) is 2. The van der Waals surface area contributed by atoms with E-state index >= 15 is 0 Å². The molecule has 0 unspecified atom stereocenters. The van der Waals surface area contributed by atoms with Gasteiger partial charge in [-0.15, -0.1) is 13.2 Å². The van der Waals surface area contributed by atoms with Gasteiger partial charge in [-0.05, 0) is 51.0 Å². The summed E-state index contributed by atoms with van der Waals surface area (Å²) in [6.45, 7) is 4.50. The zero-order valence-electron chi connectivity index (χ0n) is 15.0. The van der Waals surface area contributed by atoms with E-state index in [1.54, 1.807) is 18.7 Å². The third-order valence-corrected chi connectivity index (χ3v) is 3.77. The molecule has 2 N–H and O–H groups in total. The molecule has 1 aromatic rings. The number of carbonyl (C=O) groups excluding carboxylic acids is 2. The van der Waals surface area contributed by atoms with Crippen molar-refractivity contribution in [1.29, 1.82) is 0 Å². The molecular formula is C17H22F3N3O4. The van der Waals surface area contributed by atoms with Gasteiger partial charge in [0.1, 0.15) is 5.75 Å². The molecule has 1 fully saturated rings. The summed E-state index contributed by atoms with van der Waals surface area (Å²) in [6, 6.07) is 4.27. The highest BCUT2D eigenvalue weighted by atomic mass is 19.4. The van der Waals surface area contributed by atoms with Crippen LogP contribution in [-0.2, 0) is 4.74 Å². The Bertz CT molecular complexity index is 642. The number of hydrogen-bond donors (Lipinski definition) is 2. The van der Waals surface area contributed by atoms with Crippen LogP contribution in [0.3, 0.4) is 0 Å². The molecule has 1 aromatic carbocycles. The van der Waals surface area contributed by atoms with Gasteiger partial charge in [0.15, 0.2) is 0 Å². The maximum atomic E-state index is 12.1. The molecule has 0 aliphatic carbocycles. The number of likely N-dealkylation sites (tertiary alicyclic amines) is 1. The van der Waals surface area contributed by atoms with E-state index in [2.05, 4.69) is 15.4 Å². The van der Waals surface area contributed by atoms with E-state index in [9.17, 15) is 22.8 Å². The van der Waals surface area contributed by atoms with Gasteiger partial charge in [-0.1, -0.05) is 0 Å². The van der Waals surface area contributed by atoms with Crippen LogP contribution >= 0.6 is 0 Å². The molecule has 0 atom stereocenters. The number of nitrogens with zero attached hydrogens (tertiary/aromatic N) is 1. The zero-order chi connectivity index (χ0) is 20.0. The van der Waals surface area contributed by atoms with Gasteiger partial charge >= 0.3 is 18.5 Å². The molecule has 1 heterocycles. The number of anilines is 1. The molecule has 27 heavy (non-hydrogen) atoms. The molecule has 0 spiro atoms. The van der Waals surface area contributed by atoms with E-state index in [1.165, 1.54) is 12.1 Å². The Morgan fingerprint density at radius 1 is 1.15 bits per heavy atom. The average Bonchev–Trinajstić information content (AvgIpc) is 2.55. The van der Waals surface area contributed by atoms with Crippen LogP contribution in [0.15, 0.2) is 24.3 Å². The van der Waals surface area contributed by atoms with Gasteiger partial charge in [0.05, 0.1) is 6.10 Å². The number of urea groups is 1. The number of alkyl halides is 3. The number of rotatable bonds is 4. The van der Waals surface area contributed by atoms with Crippen molar-refractivity contribution in [3.05, 3.63) is 24.3 Å². The largest absolute Gasteiger partial charge is 0.573 e. The van der Waals surface area contributed by atoms with Gasteiger partial charge < -0.3 is 25.0 Å². The highest BCUT2D eigenvalue weighted by molar-refractivity contribution is 5.89. The fourth-order valence-corrected chi connectivity index (χ4v) is 2.58. The van der Waals surface area contributed by atoms with Crippen LogP contribution < -0.4 is 15.4 Å². The summed E-state index contributed by atoms with van der Waals surface area (Å²) in [5.74, 6) is -0.367. The second-order valence-electron chi connectivity index (χ2n) is 6.36. The number of halogens is 3.